The summed E-state index contributed by atoms with van der Waals surface area (Å²) in [4.78, 5) is 12.0. The van der Waals surface area contributed by atoms with E-state index in [-0.39, 0.29) is 0 Å². The average molecular weight is 335 g/mol. The predicted octanol–water partition coefficient (Wildman–Crippen LogP) is 4.38. The molecule has 0 bridgehead atoms. The lowest BCUT2D eigenvalue weighted by atomic mass is 10.2. The number of benzene rings is 2. The van der Waals surface area contributed by atoms with Gasteiger partial charge in [0.1, 0.15) is 11.5 Å². The maximum Gasteiger partial charge on any atom is 0.343 e. The molecule has 4 heteroatoms. The van der Waals surface area contributed by atoms with Gasteiger partial charge in [-0.05, 0) is 60.1 Å². The van der Waals surface area contributed by atoms with E-state index < -0.39 is 5.97 Å². The van der Waals surface area contributed by atoms with Gasteiger partial charge >= 0.3 is 5.97 Å². The molecule has 0 saturated carbocycles. The van der Waals surface area contributed by atoms with Crippen molar-refractivity contribution >= 4 is 21.9 Å². The van der Waals surface area contributed by atoms with Crippen LogP contribution in [0.25, 0.3) is 0 Å². The predicted molar refractivity (Wildman–Crippen MR) is 81.4 cm³/mol. The van der Waals surface area contributed by atoms with E-state index in [4.69, 9.17) is 9.47 Å². The lowest BCUT2D eigenvalue weighted by Crippen LogP contribution is -2.08. The maximum atomic E-state index is 12.0. The molecule has 2 aromatic rings. The van der Waals surface area contributed by atoms with Gasteiger partial charge in [-0.15, -0.1) is 0 Å². The van der Waals surface area contributed by atoms with E-state index in [1.54, 1.807) is 30.3 Å². The molecule has 2 rings (SSSR count). The molecule has 0 amide bonds. The molecule has 0 aliphatic rings. The smallest absolute Gasteiger partial charge is 0.343 e. The van der Waals surface area contributed by atoms with E-state index in [1.807, 2.05) is 26.0 Å². The van der Waals surface area contributed by atoms with Gasteiger partial charge < -0.3 is 9.47 Å². The van der Waals surface area contributed by atoms with Crippen molar-refractivity contribution in [2.24, 2.45) is 0 Å². The van der Waals surface area contributed by atoms with Gasteiger partial charge in [0.15, 0.2) is 0 Å². The number of rotatable bonds is 4. The standard InChI is InChI=1S/C16H15BrO3/c1-3-19-15-9-6-12(10-14(15)17)16(18)20-13-7-4-11(2)5-8-13/h4-10H,3H2,1-2H3. The van der Waals surface area contributed by atoms with Crippen molar-refractivity contribution in [3.8, 4) is 11.5 Å². The van der Waals surface area contributed by atoms with E-state index in [1.165, 1.54) is 0 Å². The molecule has 0 heterocycles. The summed E-state index contributed by atoms with van der Waals surface area (Å²) >= 11 is 3.38. The normalized spacial score (nSPS) is 10.2. The molecule has 0 saturated heterocycles. The fourth-order valence-corrected chi connectivity index (χ4v) is 2.17. The molecule has 0 radical (unpaired) electrons. The first-order chi connectivity index (χ1) is 9.60. The Labute approximate surface area is 126 Å². The van der Waals surface area contributed by atoms with E-state index in [0.717, 1.165) is 10.0 Å². The molecule has 0 fully saturated rings. The van der Waals surface area contributed by atoms with Gasteiger partial charge in [0.05, 0.1) is 16.6 Å². The van der Waals surface area contributed by atoms with Crippen molar-refractivity contribution in [1.29, 1.82) is 0 Å². The van der Waals surface area contributed by atoms with Crippen molar-refractivity contribution in [1.82, 2.24) is 0 Å². The van der Waals surface area contributed by atoms with Crippen LogP contribution in [0.15, 0.2) is 46.9 Å². The Hall–Kier alpha value is -1.81. The van der Waals surface area contributed by atoms with Crippen LogP contribution in [0.2, 0.25) is 0 Å². The summed E-state index contributed by atoms with van der Waals surface area (Å²) in [6, 6.07) is 12.5. The molecule has 0 N–H and O–H groups in total. The molecule has 20 heavy (non-hydrogen) atoms. The topological polar surface area (TPSA) is 35.5 Å². The van der Waals surface area contributed by atoms with Crippen LogP contribution < -0.4 is 9.47 Å². The summed E-state index contributed by atoms with van der Waals surface area (Å²) < 4.78 is 11.4. The Bertz CT molecular complexity index is 606. The van der Waals surface area contributed by atoms with Crippen LogP contribution in [0.3, 0.4) is 0 Å². The van der Waals surface area contributed by atoms with Gasteiger partial charge in [0.25, 0.3) is 0 Å². The number of carbonyl (C=O) groups excluding carboxylic acids is 1. The lowest BCUT2D eigenvalue weighted by Gasteiger charge is -2.08. The average Bonchev–Trinajstić information content (AvgIpc) is 2.44. The molecular weight excluding hydrogens is 320 g/mol. The highest BCUT2D eigenvalue weighted by molar-refractivity contribution is 9.10. The van der Waals surface area contributed by atoms with Crippen molar-refractivity contribution in [3.63, 3.8) is 0 Å². The van der Waals surface area contributed by atoms with Crippen molar-refractivity contribution in [3.05, 3.63) is 58.1 Å². The summed E-state index contributed by atoms with van der Waals surface area (Å²) in [7, 11) is 0. The molecule has 3 nitrogen and oxygen atoms in total. The third kappa shape index (κ3) is 3.61. The summed E-state index contributed by atoms with van der Waals surface area (Å²) in [5.41, 5.74) is 1.59. The highest BCUT2D eigenvalue weighted by Crippen LogP contribution is 2.26. The fraction of sp³-hybridized carbons (Fsp3) is 0.188. The quantitative estimate of drug-likeness (QED) is 0.615. The number of hydrogen-bond acceptors (Lipinski definition) is 3. The lowest BCUT2D eigenvalue weighted by molar-refractivity contribution is 0.0734. The Morgan fingerprint density at radius 3 is 2.45 bits per heavy atom. The third-order valence-electron chi connectivity index (χ3n) is 2.70. The zero-order chi connectivity index (χ0) is 14.5. The number of esters is 1. The van der Waals surface area contributed by atoms with E-state index in [0.29, 0.717) is 23.7 Å². The Morgan fingerprint density at radius 2 is 1.85 bits per heavy atom. The minimum Gasteiger partial charge on any atom is -0.493 e. The molecule has 104 valence electrons. The first kappa shape index (κ1) is 14.6. The fourth-order valence-electron chi connectivity index (χ4n) is 1.67. The second-order valence-corrected chi connectivity index (χ2v) is 5.14. The van der Waals surface area contributed by atoms with Crippen LogP contribution in [0, 0.1) is 6.92 Å². The van der Waals surface area contributed by atoms with Gasteiger partial charge in [0.2, 0.25) is 0 Å². The number of ether oxygens (including phenoxy) is 2. The molecule has 0 aromatic heterocycles. The number of halogens is 1. The van der Waals surface area contributed by atoms with Gasteiger partial charge in [-0.2, -0.15) is 0 Å². The number of carbonyl (C=O) groups is 1. The third-order valence-corrected chi connectivity index (χ3v) is 3.32. The van der Waals surface area contributed by atoms with Crippen LogP contribution in [-0.4, -0.2) is 12.6 Å². The Kier molecular flexibility index (Phi) is 4.79. The molecular formula is C16H15BrO3. The monoisotopic (exact) mass is 334 g/mol. The van der Waals surface area contributed by atoms with Gasteiger partial charge in [0, 0.05) is 0 Å². The number of hydrogen-bond donors (Lipinski definition) is 0. The largest absolute Gasteiger partial charge is 0.493 e. The summed E-state index contributed by atoms with van der Waals surface area (Å²) in [5, 5.41) is 0. The highest BCUT2D eigenvalue weighted by atomic mass is 79.9. The second kappa shape index (κ2) is 6.57. The van der Waals surface area contributed by atoms with Gasteiger partial charge in [-0.3, -0.25) is 0 Å². The van der Waals surface area contributed by atoms with E-state index in [9.17, 15) is 4.79 Å². The molecule has 0 aliphatic carbocycles. The zero-order valence-corrected chi connectivity index (χ0v) is 12.9. The van der Waals surface area contributed by atoms with E-state index >= 15 is 0 Å². The molecule has 0 spiro atoms. The summed E-state index contributed by atoms with van der Waals surface area (Å²) in [6.45, 7) is 4.47. The first-order valence-corrected chi connectivity index (χ1v) is 7.10. The van der Waals surface area contributed by atoms with Crippen LogP contribution >= 0.6 is 15.9 Å². The Balaban J connectivity index is 2.13. The Morgan fingerprint density at radius 1 is 1.15 bits per heavy atom. The van der Waals surface area contributed by atoms with Crippen LogP contribution in [0.1, 0.15) is 22.8 Å². The minimum atomic E-state index is -0.391. The SMILES string of the molecule is CCOc1ccc(C(=O)Oc2ccc(C)cc2)cc1Br. The highest BCUT2D eigenvalue weighted by Gasteiger charge is 2.11. The van der Waals surface area contributed by atoms with Crippen molar-refractivity contribution in [2.45, 2.75) is 13.8 Å². The second-order valence-electron chi connectivity index (χ2n) is 4.28. The van der Waals surface area contributed by atoms with Crippen LogP contribution in [0.4, 0.5) is 0 Å². The van der Waals surface area contributed by atoms with Crippen LogP contribution in [0.5, 0.6) is 11.5 Å². The van der Waals surface area contributed by atoms with Crippen molar-refractivity contribution < 1.29 is 14.3 Å². The molecule has 0 aliphatic heterocycles. The zero-order valence-electron chi connectivity index (χ0n) is 11.4. The maximum absolute atomic E-state index is 12.0. The summed E-state index contributed by atoms with van der Waals surface area (Å²) in [6.07, 6.45) is 0. The van der Waals surface area contributed by atoms with Gasteiger partial charge in [-0.1, -0.05) is 17.7 Å². The van der Waals surface area contributed by atoms with Crippen molar-refractivity contribution in [2.75, 3.05) is 6.61 Å². The summed E-state index contributed by atoms with van der Waals surface area (Å²) in [5.74, 6) is 0.850. The van der Waals surface area contributed by atoms with E-state index in [2.05, 4.69) is 15.9 Å². The van der Waals surface area contributed by atoms with Gasteiger partial charge in [-0.25, -0.2) is 4.79 Å². The van der Waals surface area contributed by atoms with Crippen LogP contribution in [-0.2, 0) is 0 Å². The molecule has 0 atom stereocenters. The minimum absolute atomic E-state index is 0.391. The molecule has 0 unspecified atom stereocenters. The molecule has 2 aromatic carbocycles. The number of aryl methyl sites for hydroxylation is 1. The first-order valence-electron chi connectivity index (χ1n) is 6.31.